The Morgan fingerprint density at radius 2 is 1.74 bits per heavy atom. The summed E-state index contributed by atoms with van der Waals surface area (Å²) in [5.41, 5.74) is 1.35. The molecule has 0 radical (unpaired) electrons. The van der Waals surface area contributed by atoms with E-state index in [-0.39, 0.29) is 11.8 Å². The number of carbonyl (C=O) groups is 1. The van der Waals surface area contributed by atoms with Crippen molar-refractivity contribution in [3.05, 3.63) is 35.9 Å². The first-order chi connectivity index (χ1) is 13.3. The summed E-state index contributed by atoms with van der Waals surface area (Å²) in [5, 5.41) is 3.34. The Morgan fingerprint density at radius 3 is 2.48 bits per heavy atom. The van der Waals surface area contributed by atoms with Gasteiger partial charge in [0.1, 0.15) is 0 Å². The number of ether oxygens (including phenoxy) is 1. The van der Waals surface area contributed by atoms with Gasteiger partial charge in [-0.15, -0.1) is 0 Å². The summed E-state index contributed by atoms with van der Waals surface area (Å²) in [7, 11) is 0. The third kappa shape index (κ3) is 5.09. The standard InChI is InChI=1S/C22H33N3O2/c26-22(19-6-12-25(13-7-19)21-9-14-27-15-10-21)23-20-8-11-24(17-20)16-18-4-2-1-3-5-18/h1-5,19-21H,6-17H2,(H,23,26)/t20-/m0/s1. The average Bonchev–Trinajstić information content (AvgIpc) is 3.16. The van der Waals surface area contributed by atoms with E-state index in [0.29, 0.717) is 12.1 Å². The zero-order valence-electron chi connectivity index (χ0n) is 16.3. The van der Waals surface area contributed by atoms with Gasteiger partial charge in [0, 0.05) is 50.8 Å². The van der Waals surface area contributed by atoms with Gasteiger partial charge >= 0.3 is 0 Å². The summed E-state index contributed by atoms with van der Waals surface area (Å²) in [4.78, 5) is 17.8. The summed E-state index contributed by atoms with van der Waals surface area (Å²) in [6.07, 6.45) is 5.37. The van der Waals surface area contributed by atoms with Gasteiger partial charge < -0.3 is 15.0 Å². The smallest absolute Gasteiger partial charge is 0.223 e. The second-order valence-electron chi connectivity index (χ2n) is 8.37. The number of hydrogen-bond donors (Lipinski definition) is 1. The average molecular weight is 372 g/mol. The van der Waals surface area contributed by atoms with Crippen molar-refractivity contribution in [1.29, 1.82) is 0 Å². The molecule has 1 aromatic carbocycles. The lowest BCUT2D eigenvalue weighted by Gasteiger charge is -2.39. The lowest BCUT2D eigenvalue weighted by atomic mass is 9.93. The second-order valence-corrected chi connectivity index (χ2v) is 8.37. The zero-order valence-corrected chi connectivity index (χ0v) is 16.3. The minimum absolute atomic E-state index is 0.198. The molecule has 1 N–H and O–H groups in total. The third-order valence-electron chi connectivity index (χ3n) is 6.48. The lowest BCUT2D eigenvalue weighted by molar-refractivity contribution is -0.127. The molecule has 148 valence electrons. The molecule has 3 aliphatic heterocycles. The van der Waals surface area contributed by atoms with Crippen molar-refractivity contribution >= 4 is 5.91 Å². The quantitative estimate of drug-likeness (QED) is 0.862. The van der Waals surface area contributed by atoms with Crippen LogP contribution in [0.25, 0.3) is 0 Å². The van der Waals surface area contributed by atoms with Crippen molar-refractivity contribution in [3.8, 4) is 0 Å². The highest BCUT2D eigenvalue weighted by atomic mass is 16.5. The molecule has 3 fully saturated rings. The topological polar surface area (TPSA) is 44.8 Å². The van der Waals surface area contributed by atoms with E-state index in [9.17, 15) is 4.79 Å². The van der Waals surface area contributed by atoms with E-state index < -0.39 is 0 Å². The Balaban J connectivity index is 1.19. The van der Waals surface area contributed by atoms with Crippen molar-refractivity contribution in [2.45, 2.75) is 50.7 Å². The molecule has 5 nitrogen and oxygen atoms in total. The number of likely N-dealkylation sites (tertiary alicyclic amines) is 2. The molecule has 0 aliphatic carbocycles. The fourth-order valence-electron chi connectivity index (χ4n) is 4.83. The molecule has 0 saturated carbocycles. The molecular formula is C22H33N3O2. The maximum atomic E-state index is 12.7. The molecule has 3 heterocycles. The van der Waals surface area contributed by atoms with Gasteiger partial charge in [0.15, 0.2) is 0 Å². The van der Waals surface area contributed by atoms with E-state index in [4.69, 9.17) is 4.74 Å². The number of carbonyl (C=O) groups excluding carboxylic acids is 1. The molecule has 0 aromatic heterocycles. The molecule has 0 spiro atoms. The van der Waals surface area contributed by atoms with Gasteiger partial charge in [0.25, 0.3) is 0 Å². The highest BCUT2D eigenvalue weighted by molar-refractivity contribution is 5.79. The Morgan fingerprint density at radius 1 is 1.00 bits per heavy atom. The van der Waals surface area contributed by atoms with Crippen LogP contribution in [0.1, 0.15) is 37.7 Å². The van der Waals surface area contributed by atoms with Gasteiger partial charge in [-0.2, -0.15) is 0 Å². The van der Waals surface area contributed by atoms with Crippen LogP contribution in [-0.2, 0) is 16.1 Å². The lowest BCUT2D eigenvalue weighted by Crippen LogP contribution is -2.48. The number of nitrogens with one attached hydrogen (secondary N) is 1. The molecule has 3 saturated heterocycles. The van der Waals surface area contributed by atoms with Crippen molar-refractivity contribution in [2.24, 2.45) is 5.92 Å². The highest BCUT2D eigenvalue weighted by Crippen LogP contribution is 2.24. The second kappa shape index (κ2) is 9.18. The number of benzene rings is 1. The largest absolute Gasteiger partial charge is 0.381 e. The fourth-order valence-corrected chi connectivity index (χ4v) is 4.83. The maximum Gasteiger partial charge on any atom is 0.223 e. The number of rotatable bonds is 5. The van der Waals surface area contributed by atoms with E-state index >= 15 is 0 Å². The van der Waals surface area contributed by atoms with Gasteiger partial charge in [-0.25, -0.2) is 0 Å². The molecule has 4 rings (SSSR count). The minimum Gasteiger partial charge on any atom is -0.381 e. The van der Waals surface area contributed by atoms with Crippen LogP contribution in [0, 0.1) is 5.92 Å². The summed E-state index contributed by atoms with van der Waals surface area (Å²) < 4.78 is 5.48. The fraction of sp³-hybridized carbons (Fsp3) is 0.682. The number of amides is 1. The van der Waals surface area contributed by atoms with Gasteiger partial charge in [0.2, 0.25) is 5.91 Å². The summed E-state index contributed by atoms with van der Waals surface area (Å²) in [6.45, 7) is 6.94. The van der Waals surface area contributed by atoms with Crippen LogP contribution in [-0.4, -0.2) is 67.2 Å². The Bertz CT molecular complexity index is 595. The van der Waals surface area contributed by atoms with Gasteiger partial charge in [-0.3, -0.25) is 9.69 Å². The molecule has 1 atom stereocenters. The van der Waals surface area contributed by atoms with Crippen molar-refractivity contribution < 1.29 is 9.53 Å². The summed E-state index contributed by atoms with van der Waals surface area (Å²) in [6, 6.07) is 11.6. The Kier molecular flexibility index (Phi) is 6.43. The zero-order chi connectivity index (χ0) is 18.5. The number of hydrogen-bond acceptors (Lipinski definition) is 4. The SMILES string of the molecule is O=C(N[C@H]1CCN(Cc2ccccc2)C1)C1CCN(C2CCOCC2)CC1. The van der Waals surface area contributed by atoms with Crippen LogP contribution in [0.3, 0.4) is 0 Å². The van der Waals surface area contributed by atoms with Gasteiger partial charge in [-0.05, 0) is 50.8 Å². The first-order valence-corrected chi connectivity index (χ1v) is 10.7. The van der Waals surface area contributed by atoms with Gasteiger partial charge in [-0.1, -0.05) is 30.3 Å². The Labute approximate surface area is 163 Å². The van der Waals surface area contributed by atoms with Crippen molar-refractivity contribution in [1.82, 2.24) is 15.1 Å². The maximum absolute atomic E-state index is 12.7. The van der Waals surface area contributed by atoms with E-state index in [1.165, 1.54) is 5.56 Å². The first kappa shape index (κ1) is 18.9. The number of piperidine rings is 1. The van der Waals surface area contributed by atoms with Gasteiger partial charge in [0.05, 0.1) is 0 Å². The van der Waals surface area contributed by atoms with Crippen LogP contribution < -0.4 is 5.32 Å². The molecule has 1 amide bonds. The number of nitrogens with zero attached hydrogens (tertiary/aromatic N) is 2. The highest BCUT2D eigenvalue weighted by Gasteiger charge is 2.31. The summed E-state index contributed by atoms with van der Waals surface area (Å²) in [5.74, 6) is 0.484. The van der Waals surface area contributed by atoms with Crippen LogP contribution in [0.5, 0.6) is 0 Å². The molecule has 5 heteroatoms. The predicted octanol–water partition coefficient (Wildman–Crippen LogP) is 2.27. The van der Waals surface area contributed by atoms with Crippen LogP contribution >= 0.6 is 0 Å². The Hall–Kier alpha value is -1.43. The van der Waals surface area contributed by atoms with Crippen molar-refractivity contribution in [3.63, 3.8) is 0 Å². The van der Waals surface area contributed by atoms with Crippen LogP contribution in [0.4, 0.5) is 0 Å². The van der Waals surface area contributed by atoms with E-state index in [1.54, 1.807) is 0 Å². The molecule has 0 unspecified atom stereocenters. The van der Waals surface area contributed by atoms with Crippen molar-refractivity contribution in [2.75, 3.05) is 39.4 Å². The van der Waals surface area contributed by atoms with Crippen LogP contribution in [0.2, 0.25) is 0 Å². The minimum atomic E-state index is 0.198. The molecule has 3 aliphatic rings. The molecular weight excluding hydrogens is 338 g/mol. The first-order valence-electron chi connectivity index (χ1n) is 10.7. The van der Waals surface area contributed by atoms with E-state index in [0.717, 1.165) is 78.0 Å². The molecule has 0 bridgehead atoms. The van der Waals surface area contributed by atoms with E-state index in [2.05, 4.69) is 45.4 Å². The predicted molar refractivity (Wildman–Crippen MR) is 106 cm³/mol. The monoisotopic (exact) mass is 371 g/mol. The molecule has 1 aromatic rings. The van der Waals surface area contributed by atoms with Crippen LogP contribution in [0.15, 0.2) is 30.3 Å². The third-order valence-corrected chi connectivity index (χ3v) is 6.48. The van der Waals surface area contributed by atoms with E-state index in [1.807, 2.05) is 0 Å². The normalized spacial score (nSPS) is 26.3. The summed E-state index contributed by atoms with van der Waals surface area (Å²) >= 11 is 0. The molecule has 27 heavy (non-hydrogen) atoms.